The van der Waals surface area contributed by atoms with Gasteiger partial charge in [-0.15, -0.1) is 0 Å². The summed E-state index contributed by atoms with van der Waals surface area (Å²) in [6.07, 6.45) is 3.09. The van der Waals surface area contributed by atoms with Gasteiger partial charge in [0.1, 0.15) is 11.4 Å². The molecule has 1 aliphatic heterocycles. The van der Waals surface area contributed by atoms with E-state index >= 15 is 0 Å². The molecule has 27 heavy (non-hydrogen) atoms. The Bertz CT molecular complexity index is 696. The lowest BCUT2D eigenvalue weighted by atomic mass is 10.1. The number of rotatable bonds is 3. The highest BCUT2D eigenvalue weighted by Crippen LogP contribution is 2.25. The summed E-state index contributed by atoms with van der Waals surface area (Å²) in [6.45, 7) is 6.70. The third kappa shape index (κ3) is 5.68. The molecule has 0 saturated carbocycles. The number of hydrogen-bond acceptors (Lipinski definition) is 6. The fourth-order valence-corrected chi connectivity index (χ4v) is 2.86. The Morgan fingerprint density at radius 3 is 2.56 bits per heavy atom. The molecule has 1 aromatic heterocycles. The molecule has 0 aromatic carbocycles. The van der Waals surface area contributed by atoms with Gasteiger partial charge in [0.25, 0.3) is 0 Å². The van der Waals surface area contributed by atoms with Crippen molar-refractivity contribution in [1.29, 1.82) is 0 Å². The molecule has 1 fully saturated rings. The highest BCUT2D eigenvalue weighted by Gasteiger charge is 2.35. The lowest BCUT2D eigenvalue weighted by Gasteiger charge is -2.40. The Kier molecular flexibility index (Phi) is 6.42. The van der Waals surface area contributed by atoms with E-state index in [9.17, 15) is 14.4 Å². The minimum Gasteiger partial charge on any atom is -0.444 e. The molecule has 1 aliphatic rings. The highest BCUT2D eigenvalue weighted by atomic mass is 16.6. The first-order chi connectivity index (χ1) is 12.6. The van der Waals surface area contributed by atoms with Crippen molar-refractivity contribution in [3.63, 3.8) is 0 Å². The number of amides is 4. The molecule has 10 heteroatoms. The van der Waals surface area contributed by atoms with Crippen molar-refractivity contribution in [1.82, 2.24) is 30.0 Å². The van der Waals surface area contributed by atoms with E-state index in [2.05, 4.69) is 15.6 Å². The molecule has 150 valence electrons. The van der Waals surface area contributed by atoms with Gasteiger partial charge in [-0.3, -0.25) is 15.0 Å². The number of ether oxygens (including phenoxy) is 1. The van der Waals surface area contributed by atoms with E-state index in [0.717, 1.165) is 5.82 Å². The Labute approximate surface area is 158 Å². The van der Waals surface area contributed by atoms with Crippen LogP contribution in [0.3, 0.4) is 0 Å². The van der Waals surface area contributed by atoms with Crippen LogP contribution in [-0.2, 0) is 16.6 Å². The maximum atomic E-state index is 12.5. The van der Waals surface area contributed by atoms with Crippen LogP contribution >= 0.6 is 0 Å². The average molecular weight is 380 g/mol. The van der Waals surface area contributed by atoms with Crippen molar-refractivity contribution >= 4 is 18.0 Å². The standard InChI is InChI=1S/C17H28N6O4/c1-17(2,3)27-16(26)23-9-8-22(11-13(24)20-15(25)18-4)12(10-23)14-19-6-7-21(14)5/h6-7,12H,8-11H2,1-5H3,(H2,18,20,24,25)/t12-/m0/s1. The van der Waals surface area contributed by atoms with Crippen LogP contribution in [0.15, 0.2) is 12.4 Å². The number of piperazine rings is 1. The van der Waals surface area contributed by atoms with E-state index in [-0.39, 0.29) is 12.6 Å². The fourth-order valence-electron chi connectivity index (χ4n) is 2.86. The number of carbonyl (C=O) groups is 3. The molecule has 2 rings (SSSR count). The van der Waals surface area contributed by atoms with E-state index in [1.165, 1.54) is 7.05 Å². The Hall–Kier alpha value is -2.62. The molecular weight excluding hydrogens is 352 g/mol. The lowest BCUT2D eigenvalue weighted by molar-refractivity contribution is -0.122. The first-order valence-corrected chi connectivity index (χ1v) is 8.81. The van der Waals surface area contributed by atoms with Gasteiger partial charge in [0, 0.05) is 46.1 Å². The van der Waals surface area contributed by atoms with Gasteiger partial charge in [0.05, 0.1) is 12.6 Å². The molecular formula is C17H28N6O4. The molecule has 0 aliphatic carbocycles. The number of aromatic nitrogens is 2. The van der Waals surface area contributed by atoms with Crippen LogP contribution < -0.4 is 10.6 Å². The molecule has 1 atom stereocenters. The zero-order valence-corrected chi connectivity index (χ0v) is 16.5. The van der Waals surface area contributed by atoms with Crippen LogP contribution in [0.4, 0.5) is 9.59 Å². The topological polar surface area (TPSA) is 109 Å². The van der Waals surface area contributed by atoms with E-state index < -0.39 is 23.6 Å². The summed E-state index contributed by atoms with van der Waals surface area (Å²) in [5.41, 5.74) is -0.583. The number of nitrogens with one attached hydrogen (secondary N) is 2. The van der Waals surface area contributed by atoms with Crippen molar-refractivity contribution in [3.8, 4) is 0 Å². The van der Waals surface area contributed by atoms with E-state index in [4.69, 9.17) is 4.74 Å². The fraction of sp³-hybridized carbons (Fsp3) is 0.647. The molecule has 0 spiro atoms. The third-order valence-electron chi connectivity index (χ3n) is 4.13. The lowest BCUT2D eigenvalue weighted by Crippen LogP contribution is -2.54. The summed E-state index contributed by atoms with van der Waals surface area (Å²) in [4.78, 5) is 43.8. The Balaban J connectivity index is 2.14. The number of hydrogen-bond donors (Lipinski definition) is 2. The SMILES string of the molecule is CNC(=O)NC(=O)CN1CCN(C(=O)OC(C)(C)C)C[C@H]1c1nccn1C. The van der Waals surface area contributed by atoms with Gasteiger partial charge >= 0.3 is 12.1 Å². The average Bonchev–Trinajstić information content (AvgIpc) is 2.99. The minimum absolute atomic E-state index is 0.0209. The number of aryl methyl sites for hydroxylation is 1. The molecule has 1 aromatic rings. The molecule has 0 radical (unpaired) electrons. The Morgan fingerprint density at radius 1 is 1.30 bits per heavy atom. The van der Waals surface area contributed by atoms with E-state index in [0.29, 0.717) is 19.6 Å². The number of urea groups is 1. The maximum Gasteiger partial charge on any atom is 0.410 e. The highest BCUT2D eigenvalue weighted by molar-refractivity contribution is 5.95. The Morgan fingerprint density at radius 2 is 2.00 bits per heavy atom. The normalized spacial score (nSPS) is 18.1. The van der Waals surface area contributed by atoms with Crippen LogP contribution in [0.1, 0.15) is 32.6 Å². The summed E-state index contributed by atoms with van der Waals surface area (Å²) in [5.74, 6) is 0.315. The molecule has 2 N–H and O–H groups in total. The van der Waals surface area contributed by atoms with Gasteiger partial charge in [-0.05, 0) is 20.8 Å². The predicted molar refractivity (Wildman–Crippen MR) is 97.9 cm³/mol. The second-order valence-corrected chi connectivity index (χ2v) is 7.44. The van der Waals surface area contributed by atoms with Gasteiger partial charge in [0.2, 0.25) is 5.91 Å². The van der Waals surface area contributed by atoms with Crippen molar-refractivity contribution in [3.05, 3.63) is 18.2 Å². The van der Waals surface area contributed by atoms with E-state index in [1.807, 2.05) is 43.5 Å². The largest absolute Gasteiger partial charge is 0.444 e. The summed E-state index contributed by atoms with van der Waals surface area (Å²) in [5, 5.41) is 4.61. The summed E-state index contributed by atoms with van der Waals surface area (Å²) >= 11 is 0. The number of nitrogens with zero attached hydrogens (tertiary/aromatic N) is 4. The minimum atomic E-state index is -0.583. The molecule has 0 unspecified atom stereocenters. The summed E-state index contributed by atoms with van der Waals surface area (Å²) in [6, 6.07) is -0.845. The second kappa shape index (κ2) is 8.38. The number of carbonyl (C=O) groups excluding carboxylic acids is 3. The van der Waals surface area contributed by atoms with Crippen molar-refractivity contribution in [2.24, 2.45) is 7.05 Å². The van der Waals surface area contributed by atoms with Crippen molar-refractivity contribution < 1.29 is 19.1 Å². The van der Waals surface area contributed by atoms with Crippen LogP contribution in [0.2, 0.25) is 0 Å². The van der Waals surface area contributed by atoms with Crippen LogP contribution in [0.25, 0.3) is 0 Å². The van der Waals surface area contributed by atoms with Crippen LogP contribution in [0.5, 0.6) is 0 Å². The molecule has 10 nitrogen and oxygen atoms in total. The monoisotopic (exact) mass is 380 g/mol. The molecule has 1 saturated heterocycles. The maximum absolute atomic E-state index is 12.5. The third-order valence-corrected chi connectivity index (χ3v) is 4.13. The summed E-state index contributed by atoms with van der Waals surface area (Å²) in [7, 11) is 3.30. The van der Waals surface area contributed by atoms with Crippen molar-refractivity contribution in [2.45, 2.75) is 32.4 Å². The smallest absolute Gasteiger partial charge is 0.410 e. The summed E-state index contributed by atoms with van der Waals surface area (Å²) < 4.78 is 7.32. The van der Waals surface area contributed by atoms with Crippen molar-refractivity contribution in [2.75, 3.05) is 33.2 Å². The van der Waals surface area contributed by atoms with Gasteiger partial charge < -0.3 is 19.5 Å². The quantitative estimate of drug-likeness (QED) is 0.789. The zero-order valence-electron chi connectivity index (χ0n) is 16.5. The van der Waals surface area contributed by atoms with Crippen LogP contribution in [0, 0.1) is 0 Å². The van der Waals surface area contributed by atoms with Gasteiger partial charge in [-0.1, -0.05) is 0 Å². The zero-order chi connectivity index (χ0) is 20.2. The predicted octanol–water partition coefficient (Wildman–Crippen LogP) is 0.470. The first-order valence-electron chi connectivity index (χ1n) is 8.81. The van der Waals surface area contributed by atoms with Gasteiger partial charge in [0.15, 0.2) is 0 Å². The second-order valence-electron chi connectivity index (χ2n) is 7.44. The molecule has 2 heterocycles. The van der Waals surface area contributed by atoms with Gasteiger partial charge in [-0.25, -0.2) is 14.6 Å². The first kappa shape index (κ1) is 20.7. The van der Waals surface area contributed by atoms with Gasteiger partial charge in [-0.2, -0.15) is 0 Å². The van der Waals surface area contributed by atoms with E-state index in [1.54, 1.807) is 11.1 Å². The molecule has 4 amide bonds. The number of imide groups is 1. The number of imidazole rings is 1. The van der Waals surface area contributed by atoms with Crippen LogP contribution in [-0.4, -0.2) is 76.2 Å². The molecule has 0 bridgehead atoms.